The molecule has 0 bridgehead atoms. The fourth-order valence-electron chi connectivity index (χ4n) is 2.29. The average Bonchev–Trinajstić information content (AvgIpc) is 3.25. The number of carboxylic acid groups (broad SMARTS) is 1. The Morgan fingerprint density at radius 2 is 1.50 bits per heavy atom. The zero-order chi connectivity index (χ0) is 22.4. The predicted octanol–water partition coefficient (Wildman–Crippen LogP) is 8.39. The molecule has 32 heavy (non-hydrogen) atoms. The summed E-state index contributed by atoms with van der Waals surface area (Å²) in [4.78, 5) is 22.5. The first-order valence-electron chi connectivity index (χ1n) is 8.95. The molecule has 5 nitrogen and oxygen atoms in total. The van der Waals surface area contributed by atoms with Crippen LogP contribution in [0, 0.1) is 0 Å². The third kappa shape index (κ3) is 8.86. The molecule has 0 amide bonds. The fourth-order valence-corrected chi connectivity index (χ4v) is 4.14. The number of rotatable bonds is 2. The van der Waals surface area contributed by atoms with E-state index in [1.165, 1.54) is 17.4 Å². The van der Waals surface area contributed by atoms with Gasteiger partial charge in [-0.05, 0) is 60.8 Å². The lowest BCUT2D eigenvalue weighted by Crippen LogP contribution is -2.06. The number of hydrogen-bond donors (Lipinski definition) is 2. The minimum atomic E-state index is -1.05. The van der Waals surface area contributed by atoms with E-state index in [1.807, 2.05) is 44.2 Å². The van der Waals surface area contributed by atoms with E-state index in [1.54, 1.807) is 19.1 Å². The van der Waals surface area contributed by atoms with Crippen LogP contribution in [0.5, 0.6) is 0 Å². The van der Waals surface area contributed by atoms with Crippen molar-refractivity contribution in [3.8, 4) is 0 Å². The molecule has 0 spiro atoms. The van der Waals surface area contributed by atoms with Crippen molar-refractivity contribution >= 4 is 76.0 Å². The number of fused-ring (bicyclic) bond motifs is 2. The van der Waals surface area contributed by atoms with Gasteiger partial charge in [0.15, 0.2) is 5.78 Å². The van der Waals surface area contributed by atoms with Gasteiger partial charge in [-0.1, -0.05) is 66.6 Å². The summed E-state index contributed by atoms with van der Waals surface area (Å²) in [7, 11) is 0. The van der Waals surface area contributed by atoms with Gasteiger partial charge in [0.05, 0.1) is 4.88 Å². The normalized spacial score (nSPS) is 9.72. The highest BCUT2D eigenvalue weighted by Gasteiger charge is 2.09. The Labute approximate surface area is 209 Å². The molecule has 2 aromatic heterocycles. The van der Waals surface area contributed by atoms with Crippen LogP contribution in [0.1, 0.15) is 55.9 Å². The van der Waals surface area contributed by atoms with Gasteiger partial charge in [0, 0.05) is 19.0 Å². The standard InChI is InChI=1S/C10H7BrOS.C9H5BrO3.C3H9N.2CH4/c1-6(12)9-4-7-2-3-8(11)5-10(7)13-9;10-6-2-1-5-3-8(9(11)12)13-7(5)4-6;1-3(2)4;;/h2-5H,1H3;1-4H,(H,11,12);3H,4H2,1-2H3;2*1H4. The lowest BCUT2D eigenvalue weighted by molar-refractivity contribution is 0.0664. The number of hydrogen-bond acceptors (Lipinski definition) is 5. The Kier molecular flexibility index (Phi) is 12.7. The summed E-state index contributed by atoms with van der Waals surface area (Å²) >= 11 is 8.21. The number of carboxylic acids is 1. The SMILES string of the molecule is C.C.CC(=O)c1cc2ccc(Br)cc2s1.CC(C)N.O=C(O)c1cc2ccc(Br)cc2o1. The highest BCUT2D eigenvalue weighted by molar-refractivity contribution is 9.10. The number of benzene rings is 2. The van der Waals surface area contributed by atoms with Crippen LogP contribution in [0.25, 0.3) is 21.1 Å². The van der Waals surface area contributed by atoms with Gasteiger partial charge in [0.25, 0.3) is 0 Å². The largest absolute Gasteiger partial charge is 0.475 e. The predicted molar refractivity (Wildman–Crippen MR) is 143 cm³/mol. The van der Waals surface area contributed by atoms with E-state index in [4.69, 9.17) is 15.3 Å². The molecule has 0 radical (unpaired) electrons. The van der Waals surface area contributed by atoms with Gasteiger partial charge >= 0.3 is 5.97 Å². The van der Waals surface area contributed by atoms with Gasteiger partial charge in [0.1, 0.15) is 5.58 Å². The molecule has 0 aliphatic carbocycles. The van der Waals surface area contributed by atoms with Gasteiger partial charge < -0.3 is 15.3 Å². The summed E-state index contributed by atoms with van der Waals surface area (Å²) in [5, 5.41) is 10.6. The minimum Gasteiger partial charge on any atom is -0.475 e. The fraction of sp³-hybridized carbons (Fsp3) is 0.250. The lowest BCUT2D eigenvalue weighted by Gasteiger charge is -1.88. The number of halogens is 2. The molecular formula is C24H29Br2NO4S. The first-order valence-corrected chi connectivity index (χ1v) is 11.3. The number of Topliss-reactive ketones (excluding diaryl/α,β-unsaturated/α-hetero) is 1. The summed E-state index contributed by atoms with van der Waals surface area (Å²) in [5.41, 5.74) is 5.69. The molecule has 0 unspecified atom stereocenters. The van der Waals surface area contributed by atoms with E-state index in [2.05, 4.69) is 31.9 Å². The van der Waals surface area contributed by atoms with Crippen LogP contribution in [-0.2, 0) is 0 Å². The van der Waals surface area contributed by atoms with Gasteiger partial charge in [-0.25, -0.2) is 4.79 Å². The highest BCUT2D eigenvalue weighted by atomic mass is 79.9. The van der Waals surface area contributed by atoms with Gasteiger partial charge in [-0.3, -0.25) is 4.79 Å². The Bertz CT molecular complexity index is 1090. The maximum atomic E-state index is 11.1. The lowest BCUT2D eigenvalue weighted by atomic mass is 10.2. The van der Waals surface area contributed by atoms with Crippen molar-refractivity contribution in [3.05, 3.63) is 68.1 Å². The van der Waals surface area contributed by atoms with Crippen molar-refractivity contribution in [1.82, 2.24) is 0 Å². The van der Waals surface area contributed by atoms with Crippen LogP contribution >= 0.6 is 43.2 Å². The van der Waals surface area contributed by atoms with E-state index >= 15 is 0 Å². The molecular weight excluding hydrogens is 558 g/mol. The number of ketones is 1. The van der Waals surface area contributed by atoms with Gasteiger partial charge in [-0.15, -0.1) is 11.3 Å². The van der Waals surface area contributed by atoms with Crippen LogP contribution in [0.3, 0.4) is 0 Å². The highest BCUT2D eigenvalue weighted by Crippen LogP contribution is 2.28. The molecule has 0 atom stereocenters. The molecule has 0 saturated carbocycles. The van der Waals surface area contributed by atoms with E-state index in [0.717, 1.165) is 29.3 Å². The monoisotopic (exact) mass is 585 g/mol. The van der Waals surface area contributed by atoms with Crippen molar-refractivity contribution in [1.29, 1.82) is 0 Å². The molecule has 8 heteroatoms. The molecule has 4 rings (SSSR count). The minimum absolute atomic E-state index is 0. The second-order valence-electron chi connectivity index (χ2n) is 6.69. The molecule has 2 heterocycles. The van der Waals surface area contributed by atoms with Crippen LogP contribution in [0.15, 0.2) is 61.9 Å². The maximum absolute atomic E-state index is 11.1. The summed E-state index contributed by atoms with van der Waals surface area (Å²) < 4.78 is 8.15. The third-order valence-corrected chi connectivity index (χ3v) is 5.71. The first-order chi connectivity index (χ1) is 14.1. The Hall–Kier alpha value is -2.00. The topological polar surface area (TPSA) is 93.5 Å². The smallest absolute Gasteiger partial charge is 0.371 e. The Morgan fingerprint density at radius 3 is 2.03 bits per heavy atom. The van der Waals surface area contributed by atoms with Crippen LogP contribution in [0.2, 0.25) is 0 Å². The molecule has 3 N–H and O–H groups in total. The number of furan rings is 1. The molecule has 0 aliphatic heterocycles. The maximum Gasteiger partial charge on any atom is 0.371 e. The van der Waals surface area contributed by atoms with Crippen LogP contribution < -0.4 is 5.73 Å². The summed E-state index contributed by atoms with van der Waals surface area (Å²) in [6, 6.07) is 15.2. The van der Waals surface area contributed by atoms with Gasteiger partial charge in [-0.2, -0.15) is 0 Å². The second kappa shape index (κ2) is 13.5. The summed E-state index contributed by atoms with van der Waals surface area (Å²) in [5.74, 6) is -0.947. The molecule has 4 aromatic rings. The third-order valence-electron chi connectivity index (χ3n) is 3.52. The number of carbonyl (C=O) groups is 2. The number of carbonyl (C=O) groups excluding carboxylic acids is 1. The summed E-state index contributed by atoms with van der Waals surface area (Å²) in [6.07, 6.45) is 0. The van der Waals surface area contributed by atoms with E-state index < -0.39 is 5.97 Å². The molecule has 0 fully saturated rings. The van der Waals surface area contributed by atoms with Crippen molar-refractivity contribution in [3.63, 3.8) is 0 Å². The average molecular weight is 587 g/mol. The summed E-state index contributed by atoms with van der Waals surface area (Å²) in [6.45, 7) is 5.49. The van der Waals surface area contributed by atoms with E-state index in [0.29, 0.717) is 11.6 Å². The number of aromatic carboxylic acids is 1. The first kappa shape index (κ1) is 30.0. The Morgan fingerprint density at radius 1 is 0.969 bits per heavy atom. The second-order valence-corrected chi connectivity index (χ2v) is 9.61. The van der Waals surface area contributed by atoms with E-state index in [9.17, 15) is 9.59 Å². The van der Waals surface area contributed by atoms with Crippen molar-refractivity contribution < 1.29 is 19.1 Å². The van der Waals surface area contributed by atoms with Crippen molar-refractivity contribution in [2.75, 3.05) is 0 Å². The quantitative estimate of drug-likeness (QED) is 0.230. The Balaban J connectivity index is 0.000000490. The molecule has 174 valence electrons. The number of nitrogens with two attached hydrogens (primary N) is 1. The van der Waals surface area contributed by atoms with Gasteiger partial charge in [0.2, 0.25) is 5.76 Å². The van der Waals surface area contributed by atoms with Crippen LogP contribution in [-0.4, -0.2) is 22.9 Å². The zero-order valence-corrected chi connectivity index (χ0v) is 20.6. The van der Waals surface area contributed by atoms with Crippen LogP contribution in [0.4, 0.5) is 0 Å². The van der Waals surface area contributed by atoms with Crippen molar-refractivity contribution in [2.24, 2.45) is 5.73 Å². The van der Waals surface area contributed by atoms with E-state index in [-0.39, 0.29) is 26.4 Å². The molecule has 0 aliphatic rings. The molecule has 2 aromatic carbocycles. The zero-order valence-electron chi connectivity index (χ0n) is 16.6. The van der Waals surface area contributed by atoms with Crippen molar-refractivity contribution in [2.45, 2.75) is 41.7 Å². The number of thiophene rings is 1. The molecule has 0 saturated heterocycles.